The molecule has 0 saturated heterocycles. The molecule has 0 radical (unpaired) electrons. The van der Waals surface area contributed by atoms with E-state index in [0.717, 1.165) is 4.47 Å². The summed E-state index contributed by atoms with van der Waals surface area (Å²) in [5, 5.41) is 34.8. The molecule has 0 atom stereocenters. The minimum atomic E-state index is -1.51. The van der Waals surface area contributed by atoms with Gasteiger partial charge in [0.2, 0.25) is 0 Å². The highest BCUT2D eigenvalue weighted by molar-refractivity contribution is 9.10. The fraction of sp³-hybridized carbons (Fsp3) is 0. The van der Waals surface area contributed by atoms with E-state index < -0.39 is 7.12 Å². The van der Waals surface area contributed by atoms with E-state index >= 15 is 0 Å². The summed E-state index contributed by atoms with van der Waals surface area (Å²) in [5.41, 5.74) is 0.292. The maximum atomic E-state index is 8.84. The Bertz CT molecular complexity index is 488. The monoisotopic (exact) mass is 310 g/mol. The van der Waals surface area contributed by atoms with Crippen molar-refractivity contribution in [2.45, 2.75) is 0 Å². The van der Waals surface area contributed by atoms with Crippen molar-refractivity contribution in [3.05, 3.63) is 53.0 Å². The van der Waals surface area contributed by atoms with Crippen molar-refractivity contribution in [3.63, 3.8) is 0 Å². The summed E-state index contributed by atoms with van der Waals surface area (Å²) >= 11 is 3.20. The van der Waals surface area contributed by atoms with Crippen LogP contribution in [0.5, 0.6) is 11.5 Å². The molecule has 0 aromatic heterocycles. The summed E-state index contributed by atoms with van der Waals surface area (Å²) in [4.78, 5) is 0. The van der Waals surface area contributed by atoms with Crippen LogP contribution in [-0.4, -0.2) is 27.4 Å². The van der Waals surface area contributed by atoms with E-state index in [-0.39, 0.29) is 5.75 Å². The Morgan fingerprint density at radius 3 is 1.72 bits per heavy atom. The normalized spacial score (nSPS) is 9.28. The molecule has 0 unspecified atom stereocenters. The Morgan fingerprint density at radius 2 is 1.39 bits per heavy atom. The van der Waals surface area contributed by atoms with Gasteiger partial charge in [-0.05, 0) is 35.8 Å². The van der Waals surface area contributed by atoms with Crippen LogP contribution in [-0.2, 0) is 0 Å². The van der Waals surface area contributed by atoms with E-state index in [1.54, 1.807) is 24.3 Å². The van der Waals surface area contributed by atoms with Crippen molar-refractivity contribution in [1.82, 2.24) is 0 Å². The van der Waals surface area contributed by atoms with Crippen LogP contribution in [0.4, 0.5) is 0 Å². The van der Waals surface area contributed by atoms with Crippen molar-refractivity contribution in [3.8, 4) is 11.5 Å². The van der Waals surface area contributed by atoms with Crippen molar-refractivity contribution >= 4 is 28.5 Å². The molecule has 0 bridgehead atoms. The van der Waals surface area contributed by atoms with E-state index in [9.17, 15) is 0 Å². The lowest BCUT2D eigenvalue weighted by Crippen LogP contribution is -2.29. The predicted molar refractivity (Wildman–Crippen MR) is 73.7 cm³/mol. The van der Waals surface area contributed by atoms with Crippen LogP contribution in [0.25, 0.3) is 0 Å². The zero-order chi connectivity index (χ0) is 13.5. The molecule has 0 amide bonds. The maximum Gasteiger partial charge on any atom is 0.488 e. The molecule has 2 aromatic carbocycles. The van der Waals surface area contributed by atoms with Crippen LogP contribution >= 0.6 is 15.9 Å². The van der Waals surface area contributed by atoms with E-state index in [0.29, 0.717) is 11.2 Å². The van der Waals surface area contributed by atoms with Gasteiger partial charge in [0.1, 0.15) is 11.5 Å². The van der Waals surface area contributed by atoms with Crippen LogP contribution in [0.1, 0.15) is 0 Å². The first-order chi connectivity index (χ1) is 8.49. The quantitative estimate of drug-likeness (QED) is 0.597. The van der Waals surface area contributed by atoms with Gasteiger partial charge in [-0.15, -0.1) is 0 Å². The largest absolute Gasteiger partial charge is 0.508 e. The van der Waals surface area contributed by atoms with Crippen molar-refractivity contribution < 1.29 is 20.3 Å². The van der Waals surface area contributed by atoms with Gasteiger partial charge in [0.05, 0.1) is 0 Å². The zero-order valence-corrected chi connectivity index (χ0v) is 10.9. The van der Waals surface area contributed by atoms with Gasteiger partial charge in [0.15, 0.2) is 0 Å². The molecular formula is C12H12BBrO4. The van der Waals surface area contributed by atoms with E-state index in [1.165, 1.54) is 18.2 Å². The van der Waals surface area contributed by atoms with Gasteiger partial charge in [-0.2, -0.15) is 0 Å². The minimum absolute atomic E-state index is 0.0330. The number of hydrogen-bond donors (Lipinski definition) is 4. The van der Waals surface area contributed by atoms with Crippen LogP contribution in [0.2, 0.25) is 0 Å². The van der Waals surface area contributed by atoms with Gasteiger partial charge in [0, 0.05) is 4.47 Å². The molecule has 0 spiro atoms. The molecule has 0 saturated carbocycles. The molecule has 18 heavy (non-hydrogen) atoms. The predicted octanol–water partition coefficient (Wildman–Crippen LogP) is 1.23. The lowest BCUT2D eigenvalue weighted by atomic mass is 9.80. The number of halogens is 1. The van der Waals surface area contributed by atoms with Crippen LogP contribution < -0.4 is 5.46 Å². The summed E-state index contributed by atoms with van der Waals surface area (Å²) < 4.78 is 0.900. The van der Waals surface area contributed by atoms with Crippen LogP contribution in [0.3, 0.4) is 0 Å². The van der Waals surface area contributed by atoms with Gasteiger partial charge < -0.3 is 20.3 Å². The van der Waals surface area contributed by atoms with Crippen LogP contribution in [0.15, 0.2) is 53.0 Å². The Hall–Kier alpha value is -1.50. The van der Waals surface area contributed by atoms with Gasteiger partial charge in [-0.25, -0.2) is 0 Å². The van der Waals surface area contributed by atoms with E-state index in [1.807, 2.05) is 6.07 Å². The molecule has 0 aliphatic heterocycles. The van der Waals surface area contributed by atoms with Crippen molar-refractivity contribution in [2.75, 3.05) is 0 Å². The number of rotatable bonds is 1. The molecule has 4 nitrogen and oxygen atoms in total. The van der Waals surface area contributed by atoms with Crippen molar-refractivity contribution in [2.24, 2.45) is 0 Å². The number of phenols is 2. The smallest absolute Gasteiger partial charge is 0.488 e. The number of benzene rings is 2. The maximum absolute atomic E-state index is 8.84. The van der Waals surface area contributed by atoms with Gasteiger partial charge in [-0.1, -0.05) is 34.1 Å². The summed E-state index contributed by atoms with van der Waals surface area (Å²) in [5.74, 6) is 0.324. The third kappa shape index (κ3) is 5.22. The third-order valence-corrected chi connectivity index (χ3v) is 2.47. The average molecular weight is 311 g/mol. The molecule has 6 heteroatoms. The highest BCUT2D eigenvalue weighted by Gasteiger charge is 2.09. The van der Waals surface area contributed by atoms with Gasteiger partial charge in [-0.3, -0.25) is 0 Å². The van der Waals surface area contributed by atoms with Crippen molar-refractivity contribution in [1.29, 1.82) is 0 Å². The van der Waals surface area contributed by atoms with Gasteiger partial charge >= 0.3 is 7.12 Å². The summed E-state index contributed by atoms with van der Waals surface area (Å²) in [6, 6.07) is 12.7. The molecule has 0 heterocycles. The minimum Gasteiger partial charge on any atom is -0.508 e. The lowest BCUT2D eigenvalue weighted by Gasteiger charge is -1.97. The molecular weight excluding hydrogens is 299 g/mol. The Balaban J connectivity index is 0.000000184. The first kappa shape index (κ1) is 14.6. The second-order valence-electron chi connectivity index (χ2n) is 3.45. The first-order valence-corrected chi connectivity index (χ1v) is 5.88. The molecule has 0 fully saturated rings. The SMILES string of the molecule is OB(O)c1cccc(O)c1.Oc1cccc(Br)c1. The van der Waals surface area contributed by atoms with Gasteiger partial charge in [0.25, 0.3) is 0 Å². The molecule has 4 N–H and O–H groups in total. The Kier molecular flexibility index (Phi) is 5.71. The highest BCUT2D eigenvalue weighted by atomic mass is 79.9. The Morgan fingerprint density at radius 1 is 0.833 bits per heavy atom. The zero-order valence-electron chi connectivity index (χ0n) is 9.36. The third-order valence-electron chi connectivity index (χ3n) is 1.98. The standard InChI is InChI=1S/C6H7BO3.C6H5BrO/c8-6-3-1-2-5(4-6)7(9)10;7-5-2-1-3-6(8)4-5/h1-4,8-10H;1-4,8H. The average Bonchev–Trinajstić information content (AvgIpc) is 2.29. The molecule has 94 valence electrons. The number of hydrogen-bond acceptors (Lipinski definition) is 4. The summed E-state index contributed by atoms with van der Waals surface area (Å²) in [7, 11) is -1.51. The molecule has 0 aliphatic rings. The first-order valence-electron chi connectivity index (χ1n) is 5.08. The van der Waals surface area contributed by atoms with Crippen LogP contribution in [0, 0.1) is 0 Å². The topological polar surface area (TPSA) is 80.9 Å². The molecule has 2 rings (SSSR count). The second-order valence-corrected chi connectivity index (χ2v) is 4.36. The second kappa shape index (κ2) is 7.05. The fourth-order valence-corrected chi connectivity index (χ4v) is 1.55. The van der Waals surface area contributed by atoms with E-state index in [4.69, 9.17) is 20.3 Å². The summed E-state index contributed by atoms with van der Waals surface area (Å²) in [6.07, 6.45) is 0. The lowest BCUT2D eigenvalue weighted by molar-refractivity contribution is 0.424. The molecule has 0 aliphatic carbocycles. The fourth-order valence-electron chi connectivity index (χ4n) is 1.16. The summed E-state index contributed by atoms with van der Waals surface area (Å²) in [6.45, 7) is 0. The van der Waals surface area contributed by atoms with E-state index in [2.05, 4.69) is 15.9 Å². The number of phenolic OH excluding ortho intramolecular Hbond substituents is 2. The highest BCUT2D eigenvalue weighted by Crippen LogP contribution is 2.15. The Labute approximate surface area is 113 Å². The number of aromatic hydroxyl groups is 2. The molecule has 2 aromatic rings.